The van der Waals surface area contributed by atoms with Gasteiger partial charge in [0.1, 0.15) is 0 Å². The van der Waals surface area contributed by atoms with Crippen LogP contribution in [-0.2, 0) is 6.61 Å². The van der Waals surface area contributed by atoms with Gasteiger partial charge in [0.25, 0.3) is 0 Å². The molecule has 0 aromatic heterocycles. The van der Waals surface area contributed by atoms with Gasteiger partial charge in [-0.2, -0.15) is 0 Å². The van der Waals surface area contributed by atoms with Crippen LogP contribution in [0, 0.1) is 0 Å². The van der Waals surface area contributed by atoms with Crippen LogP contribution in [0.15, 0.2) is 61.2 Å². The predicted molar refractivity (Wildman–Crippen MR) is 131 cm³/mol. The first kappa shape index (κ1) is 24.1. The maximum absolute atomic E-state index is 5.99. The van der Waals surface area contributed by atoms with Crippen molar-refractivity contribution in [3.63, 3.8) is 0 Å². The van der Waals surface area contributed by atoms with E-state index in [9.17, 15) is 0 Å². The van der Waals surface area contributed by atoms with Crippen LogP contribution in [-0.4, -0.2) is 18.4 Å². The molecule has 2 rings (SSSR count). The molecule has 2 aromatic rings. The van der Waals surface area contributed by atoms with Gasteiger partial charge in [0.15, 0.2) is 0 Å². The molecule has 0 aliphatic carbocycles. The summed E-state index contributed by atoms with van der Waals surface area (Å²) in [5, 5.41) is 0. The molecule has 0 atom stereocenters. The maximum atomic E-state index is 5.99. The quantitative estimate of drug-likeness (QED) is 0.236. The van der Waals surface area contributed by atoms with E-state index < -0.39 is 18.4 Å². The molecular formula is C27H40OSn. The van der Waals surface area contributed by atoms with E-state index >= 15 is 0 Å². The molecule has 0 bridgehead atoms. The third kappa shape index (κ3) is 7.51. The second-order valence-corrected chi connectivity index (χ2v) is 21.7. The zero-order chi connectivity index (χ0) is 21.0. The van der Waals surface area contributed by atoms with E-state index in [2.05, 4.69) is 69.3 Å². The Kier molecular flexibility index (Phi) is 10.9. The van der Waals surface area contributed by atoms with Crippen molar-refractivity contribution in [2.24, 2.45) is 0 Å². The van der Waals surface area contributed by atoms with Crippen LogP contribution in [0.4, 0.5) is 0 Å². The predicted octanol–water partition coefficient (Wildman–Crippen LogP) is 8.67. The van der Waals surface area contributed by atoms with Gasteiger partial charge in [-0.05, 0) is 0 Å². The molecule has 0 fully saturated rings. The summed E-state index contributed by atoms with van der Waals surface area (Å²) in [5.41, 5.74) is 2.58. The van der Waals surface area contributed by atoms with Crippen molar-refractivity contribution in [1.29, 1.82) is 0 Å². The number of rotatable bonds is 14. The van der Waals surface area contributed by atoms with E-state index in [0.29, 0.717) is 6.61 Å². The SMILES string of the molecule is C=[C](c1ccc(OCc2ccccc2)cc1)[Sn]([CH2]CCC)([CH2]CCC)[CH2]CCC. The van der Waals surface area contributed by atoms with Crippen molar-refractivity contribution >= 4 is 22.0 Å². The molecule has 0 saturated carbocycles. The summed E-state index contributed by atoms with van der Waals surface area (Å²) in [7, 11) is 0. The van der Waals surface area contributed by atoms with Crippen molar-refractivity contribution in [2.75, 3.05) is 0 Å². The van der Waals surface area contributed by atoms with Crippen molar-refractivity contribution in [1.82, 2.24) is 0 Å². The van der Waals surface area contributed by atoms with E-state index in [-0.39, 0.29) is 0 Å². The first-order valence-electron chi connectivity index (χ1n) is 11.6. The second-order valence-electron chi connectivity index (χ2n) is 8.37. The Balaban J connectivity index is 2.13. The van der Waals surface area contributed by atoms with Gasteiger partial charge in [0.2, 0.25) is 0 Å². The molecule has 158 valence electrons. The first-order chi connectivity index (χ1) is 14.1. The molecule has 0 N–H and O–H groups in total. The first-order valence-corrected chi connectivity index (χ1v) is 19.1. The van der Waals surface area contributed by atoms with Crippen molar-refractivity contribution in [2.45, 2.75) is 79.2 Å². The van der Waals surface area contributed by atoms with E-state index in [1.54, 1.807) is 3.59 Å². The minimum atomic E-state index is -2.43. The molecule has 0 radical (unpaired) electrons. The molecule has 2 aromatic carbocycles. The summed E-state index contributed by atoms with van der Waals surface area (Å²) in [4.78, 5) is 0. The number of benzene rings is 2. The van der Waals surface area contributed by atoms with Crippen LogP contribution in [0.3, 0.4) is 0 Å². The summed E-state index contributed by atoms with van der Waals surface area (Å²) >= 11 is -2.43. The number of ether oxygens (including phenoxy) is 1. The van der Waals surface area contributed by atoms with Gasteiger partial charge in [-0.25, -0.2) is 0 Å². The standard InChI is InChI=1S/C15H13O.3C4H9.Sn/c1-2-13-8-10-15(11-9-13)16-12-14-6-4-3-5-7-14;3*1-3-4-2;/h3-11H,1,12H2;3*1,3-4H2,2H3;. The van der Waals surface area contributed by atoms with Crippen molar-refractivity contribution < 1.29 is 4.74 Å². The van der Waals surface area contributed by atoms with Crippen LogP contribution < -0.4 is 4.74 Å². The Labute approximate surface area is 183 Å². The molecule has 0 aliphatic heterocycles. The fourth-order valence-corrected chi connectivity index (χ4v) is 19.9. The summed E-state index contributed by atoms with van der Waals surface area (Å²) < 4.78 is 11.9. The summed E-state index contributed by atoms with van der Waals surface area (Å²) in [6, 6.07) is 19.2. The zero-order valence-corrected chi connectivity index (χ0v) is 21.7. The van der Waals surface area contributed by atoms with Crippen LogP contribution in [0.25, 0.3) is 3.59 Å². The Morgan fingerprint density at radius 2 is 1.28 bits per heavy atom. The second kappa shape index (κ2) is 13.2. The molecule has 0 spiro atoms. The molecule has 0 heterocycles. The molecule has 0 aliphatic rings. The third-order valence-electron chi connectivity index (χ3n) is 6.12. The minimum absolute atomic E-state index is 0.619. The number of hydrogen-bond acceptors (Lipinski definition) is 1. The third-order valence-corrected chi connectivity index (χ3v) is 21.8. The van der Waals surface area contributed by atoms with E-state index in [1.807, 2.05) is 6.07 Å². The Morgan fingerprint density at radius 3 is 1.76 bits per heavy atom. The Hall–Kier alpha value is -1.22. The van der Waals surface area contributed by atoms with Gasteiger partial charge in [-0.15, -0.1) is 0 Å². The molecule has 0 saturated heterocycles. The van der Waals surface area contributed by atoms with Gasteiger partial charge in [-0.1, -0.05) is 0 Å². The van der Waals surface area contributed by atoms with E-state index in [0.717, 1.165) is 5.75 Å². The van der Waals surface area contributed by atoms with Crippen molar-refractivity contribution in [3.05, 3.63) is 72.3 Å². The van der Waals surface area contributed by atoms with E-state index in [1.165, 1.54) is 63.0 Å². The average Bonchev–Trinajstić information content (AvgIpc) is 2.78. The summed E-state index contributed by atoms with van der Waals surface area (Å²) in [5.74, 6) is 0.946. The number of unbranched alkanes of at least 4 members (excludes halogenated alkanes) is 3. The monoisotopic (exact) mass is 500 g/mol. The zero-order valence-electron chi connectivity index (χ0n) is 18.9. The topological polar surface area (TPSA) is 9.23 Å². The van der Waals surface area contributed by atoms with Gasteiger partial charge < -0.3 is 0 Å². The van der Waals surface area contributed by atoms with Gasteiger partial charge in [-0.3, -0.25) is 0 Å². The summed E-state index contributed by atoms with van der Waals surface area (Å²) in [6.07, 6.45) is 8.03. The Bertz CT molecular complexity index is 683. The molecule has 1 nitrogen and oxygen atoms in total. The normalized spacial score (nSPS) is 11.4. The van der Waals surface area contributed by atoms with Crippen LogP contribution in [0.2, 0.25) is 13.3 Å². The van der Waals surface area contributed by atoms with Gasteiger partial charge in [0.05, 0.1) is 0 Å². The van der Waals surface area contributed by atoms with Gasteiger partial charge in [0, 0.05) is 0 Å². The van der Waals surface area contributed by atoms with Crippen LogP contribution in [0.5, 0.6) is 5.75 Å². The van der Waals surface area contributed by atoms with Crippen LogP contribution >= 0.6 is 0 Å². The molecule has 2 heteroatoms. The molecule has 0 amide bonds. The fraction of sp³-hybridized carbons (Fsp3) is 0.481. The van der Waals surface area contributed by atoms with Crippen LogP contribution in [0.1, 0.15) is 70.4 Å². The molecular weight excluding hydrogens is 459 g/mol. The molecule has 0 unspecified atom stereocenters. The molecule has 29 heavy (non-hydrogen) atoms. The summed E-state index contributed by atoms with van der Waals surface area (Å²) in [6.45, 7) is 12.3. The Morgan fingerprint density at radius 1 is 0.759 bits per heavy atom. The fourth-order valence-electron chi connectivity index (χ4n) is 4.17. The average molecular weight is 499 g/mol. The number of hydrogen-bond donors (Lipinski definition) is 0. The van der Waals surface area contributed by atoms with Crippen molar-refractivity contribution in [3.8, 4) is 5.75 Å². The van der Waals surface area contributed by atoms with Gasteiger partial charge >= 0.3 is 184 Å². The van der Waals surface area contributed by atoms with E-state index in [4.69, 9.17) is 11.3 Å².